The molecule has 0 saturated heterocycles. The Hall–Kier alpha value is -2.57. The summed E-state index contributed by atoms with van der Waals surface area (Å²) in [5.74, 6) is 0.199. The number of carbonyl (C=O) groups excluding carboxylic acids is 1. The van der Waals surface area contributed by atoms with Crippen molar-refractivity contribution in [2.45, 2.75) is 19.6 Å². The molecular formula is C15H14F3N3O. The molecule has 116 valence electrons. The second-order valence-corrected chi connectivity index (χ2v) is 4.66. The topological polar surface area (TPSA) is 57.8 Å². The van der Waals surface area contributed by atoms with Gasteiger partial charge in [0.05, 0.1) is 12.1 Å². The van der Waals surface area contributed by atoms with Gasteiger partial charge in [-0.05, 0) is 30.2 Å². The maximum atomic E-state index is 12.7. The quantitative estimate of drug-likeness (QED) is 0.852. The van der Waals surface area contributed by atoms with Crippen molar-refractivity contribution in [1.82, 2.24) is 15.3 Å². The van der Waals surface area contributed by atoms with Crippen molar-refractivity contribution in [1.29, 1.82) is 0 Å². The van der Waals surface area contributed by atoms with E-state index in [2.05, 4.69) is 15.3 Å². The Bertz CT molecular complexity index is 676. The van der Waals surface area contributed by atoms with Gasteiger partial charge in [-0.2, -0.15) is 13.2 Å². The maximum Gasteiger partial charge on any atom is 0.416 e. The Morgan fingerprint density at radius 1 is 1.41 bits per heavy atom. The van der Waals surface area contributed by atoms with E-state index in [0.29, 0.717) is 17.0 Å². The van der Waals surface area contributed by atoms with Crippen LogP contribution in [0.1, 0.15) is 23.9 Å². The van der Waals surface area contributed by atoms with Gasteiger partial charge < -0.3 is 10.3 Å². The van der Waals surface area contributed by atoms with E-state index < -0.39 is 17.6 Å². The summed E-state index contributed by atoms with van der Waals surface area (Å²) in [4.78, 5) is 18.5. The Kier molecular flexibility index (Phi) is 4.65. The summed E-state index contributed by atoms with van der Waals surface area (Å²) in [6, 6.07) is 4.86. The number of allylic oxidation sites excluding steroid dienone is 1. The third-order valence-corrected chi connectivity index (χ3v) is 2.98. The number of benzene rings is 1. The van der Waals surface area contributed by atoms with E-state index in [4.69, 9.17) is 0 Å². The van der Waals surface area contributed by atoms with Crippen LogP contribution in [-0.2, 0) is 17.5 Å². The fraction of sp³-hybridized carbons (Fsp3) is 0.200. The number of aromatic amines is 1. The van der Waals surface area contributed by atoms with Crippen molar-refractivity contribution < 1.29 is 18.0 Å². The molecule has 22 heavy (non-hydrogen) atoms. The van der Waals surface area contributed by atoms with Crippen molar-refractivity contribution in [3.63, 3.8) is 0 Å². The zero-order valence-electron chi connectivity index (χ0n) is 11.7. The minimum Gasteiger partial charge on any atom is -0.347 e. The number of halogens is 3. The SMILES string of the molecule is CC(=CC(=O)NCc1ncc[nH]1)c1cccc(C(F)(F)F)c1. The third-order valence-electron chi connectivity index (χ3n) is 2.98. The molecule has 2 aromatic rings. The summed E-state index contributed by atoms with van der Waals surface area (Å²) in [5.41, 5.74) is 0.0553. The molecule has 0 spiro atoms. The van der Waals surface area contributed by atoms with E-state index in [0.717, 1.165) is 12.1 Å². The number of nitrogens with one attached hydrogen (secondary N) is 2. The highest BCUT2D eigenvalue weighted by Gasteiger charge is 2.30. The van der Waals surface area contributed by atoms with Crippen LogP contribution in [0, 0.1) is 0 Å². The molecule has 2 rings (SSSR count). The standard InChI is InChI=1S/C15H14F3N3O/c1-10(7-14(22)21-9-13-19-5-6-20-13)11-3-2-4-12(8-11)15(16,17)18/h2-8H,9H2,1H3,(H,19,20)(H,21,22). The largest absolute Gasteiger partial charge is 0.416 e. The average molecular weight is 309 g/mol. The first-order valence-electron chi connectivity index (χ1n) is 6.48. The normalized spacial score (nSPS) is 12.3. The summed E-state index contributed by atoms with van der Waals surface area (Å²) >= 11 is 0. The summed E-state index contributed by atoms with van der Waals surface area (Å²) in [6.07, 6.45) is 0.0483. The van der Waals surface area contributed by atoms with Gasteiger partial charge in [-0.15, -0.1) is 0 Å². The van der Waals surface area contributed by atoms with Crippen LogP contribution in [0.15, 0.2) is 42.7 Å². The summed E-state index contributed by atoms with van der Waals surface area (Å²) in [6.45, 7) is 1.81. The molecule has 0 fully saturated rings. The summed E-state index contributed by atoms with van der Waals surface area (Å²) in [5, 5.41) is 2.60. The van der Waals surface area contributed by atoms with Gasteiger partial charge in [0, 0.05) is 18.5 Å². The number of imidazole rings is 1. The van der Waals surface area contributed by atoms with Crippen LogP contribution in [0.4, 0.5) is 13.2 Å². The van der Waals surface area contributed by atoms with Gasteiger partial charge >= 0.3 is 6.18 Å². The number of hydrogen-bond donors (Lipinski definition) is 2. The van der Waals surface area contributed by atoms with Crippen molar-refractivity contribution in [2.24, 2.45) is 0 Å². The first-order valence-corrected chi connectivity index (χ1v) is 6.48. The molecule has 7 heteroatoms. The molecule has 1 aromatic heterocycles. The lowest BCUT2D eigenvalue weighted by molar-refractivity contribution is -0.137. The molecule has 1 heterocycles. The Labute approximate surface area is 125 Å². The van der Waals surface area contributed by atoms with Crippen molar-refractivity contribution in [2.75, 3.05) is 0 Å². The molecule has 0 bridgehead atoms. The first kappa shape index (κ1) is 15.8. The lowest BCUT2D eigenvalue weighted by atomic mass is 10.0. The van der Waals surface area contributed by atoms with Crippen LogP contribution in [0.2, 0.25) is 0 Å². The van der Waals surface area contributed by atoms with E-state index >= 15 is 0 Å². The number of hydrogen-bond acceptors (Lipinski definition) is 2. The van der Waals surface area contributed by atoms with Gasteiger partial charge in [-0.25, -0.2) is 4.98 Å². The Balaban J connectivity index is 2.06. The van der Waals surface area contributed by atoms with Crippen LogP contribution in [-0.4, -0.2) is 15.9 Å². The Morgan fingerprint density at radius 2 is 2.18 bits per heavy atom. The van der Waals surface area contributed by atoms with E-state index in [1.165, 1.54) is 18.2 Å². The second kappa shape index (κ2) is 6.46. The minimum absolute atomic E-state index is 0.220. The number of rotatable bonds is 4. The minimum atomic E-state index is -4.40. The first-order chi connectivity index (χ1) is 10.4. The molecule has 0 unspecified atom stereocenters. The lowest BCUT2D eigenvalue weighted by Crippen LogP contribution is -2.21. The molecule has 0 radical (unpaired) electrons. The van der Waals surface area contributed by atoms with Crippen molar-refractivity contribution >= 4 is 11.5 Å². The highest BCUT2D eigenvalue weighted by Crippen LogP contribution is 2.30. The van der Waals surface area contributed by atoms with E-state index in [-0.39, 0.29) is 6.54 Å². The summed E-state index contributed by atoms with van der Waals surface area (Å²) in [7, 11) is 0. The molecule has 4 nitrogen and oxygen atoms in total. The number of aromatic nitrogens is 2. The number of alkyl halides is 3. The van der Waals surface area contributed by atoms with Gasteiger partial charge in [0.2, 0.25) is 5.91 Å². The fourth-order valence-electron chi connectivity index (χ4n) is 1.84. The zero-order valence-corrected chi connectivity index (χ0v) is 11.7. The predicted molar refractivity (Wildman–Crippen MR) is 75.5 cm³/mol. The Morgan fingerprint density at radius 3 is 2.82 bits per heavy atom. The van der Waals surface area contributed by atoms with Crippen molar-refractivity contribution in [3.8, 4) is 0 Å². The van der Waals surface area contributed by atoms with Gasteiger partial charge in [0.25, 0.3) is 0 Å². The number of amides is 1. The third kappa shape index (κ3) is 4.21. The number of H-pyrrole nitrogens is 1. The predicted octanol–water partition coefficient (Wildman–Crippen LogP) is 3.15. The monoisotopic (exact) mass is 309 g/mol. The van der Waals surface area contributed by atoms with Crippen LogP contribution in [0.3, 0.4) is 0 Å². The molecule has 2 N–H and O–H groups in total. The number of carbonyl (C=O) groups is 1. The molecule has 0 saturated carbocycles. The molecule has 1 aromatic carbocycles. The highest BCUT2D eigenvalue weighted by molar-refractivity contribution is 5.94. The van der Waals surface area contributed by atoms with Gasteiger partial charge in [-0.3, -0.25) is 4.79 Å². The van der Waals surface area contributed by atoms with E-state index in [9.17, 15) is 18.0 Å². The second-order valence-electron chi connectivity index (χ2n) is 4.66. The van der Waals surface area contributed by atoms with Crippen LogP contribution >= 0.6 is 0 Å². The van der Waals surface area contributed by atoms with Crippen molar-refractivity contribution in [3.05, 3.63) is 59.7 Å². The van der Waals surface area contributed by atoms with E-state index in [1.54, 1.807) is 19.3 Å². The molecule has 1 amide bonds. The fourth-order valence-corrected chi connectivity index (χ4v) is 1.84. The molecular weight excluding hydrogens is 295 g/mol. The maximum absolute atomic E-state index is 12.7. The summed E-state index contributed by atoms with van der Waals surface area (Å²) < 4.78 is 38.0. The van der Waals surface area contributed by atoms with E-state index in [1.807, 2.05) is 0 Å². The zero-order chi connectivity index (χ0) is 16.2. The van der Waals surface area contributed by atoms with Gasteiger partial charge in [-0.1, -0.05) is 12.1 Å². The van der Waals surface area contributed by atoms with Crippen LogP contribution in [0.25, 0.3) is 5.57 Å². The van der Waals surface area contributed by atoms with Gasteiger partial charge in [0.1, 0.15) is 5.82 Å². The van der Waals surface area contributed by atoms with Crippen LogP contribution in [0.5, 0.6) is 0 Å². The smallest absolute Gasteiger partial charge is 0.347 e. The number of nitrogens with zero attached hydrogens (tertiary/aromatic N) is 1. The highest BCUT2D eigenvalue weighted by atomic mass is 19.4. The van der Waals surface area contributed by atoms with Gasteiger partial charge in [0.15, 0.2) is 0 Å². The molecule has 0 atom stereocenters. The van der Waals surface area contributed by atoms with Crippen LogP contribution < -0.4 is 5.32 Å². The molecule has 0 aliphatic rings. The molecule has 0 aliphatic carbocycles. The lowest BCUT2D eigenvalue weighted by Gasteiger charge is -2.09. The average Bonchev–Trinajstić information content (AvgIpc) is 2.97. The molecule has 0 aliphatic heterocycles.